The highest BCUT2D eigenvalue weighted by atomic mass is 35.5. The van der Waals surface area contributed by atoms with Crippen molar-refractivity contribution in [3.63, 3.8) is 0 Å². The molecule has 146 valence electrons. The van der Waals surface area contributed by atoms with Gasteiger partial charge < -0.3 is 31.5 Å². The molecule has 0 aliphatic rings. The van der Waals surface area contributed by atoms with E-state index in [1.165, 1.54) is 30.3 Å². The Kier molecular flexibility index (Phi) is 7.89. The molecule has 7 N–H and O–H groups in total. The molecule has 1 unspecified atom stereocenters. The number of nitrogens with one attached hydrogen (secondary N) is 1. The number of carbonyl (C=O) groups excluding carboxylic acids is 1. The Balaban J connectivity index is 0.00000364. The number of nitrogens with two attached hydrogens (primary N) is 1. The van der Waals surface area contributed by atoms with Crippen molar-refractivity contribution in [2.45, 2.75) is 18.4 Å². The maximum Gasteiger partial charge on any atom is 0.321 e. The Bertz CT molecular complexity index is 814. The number of halogens is 1. The number of para-hydroxylation sites is 1. The van der Waals surface area contributed by atoms with Gasteiger partial charge in [0.2, 0.25) is 0 Å². The van der Waals surface area contributed by atoms with Crippen LogP contribution in [-0.2, 0) is 4.79 Å². The molecule has 0 saturated heterocycles. The van der Waals surface area contributed by atoms with Crippen LogP contribution in [0.4, 0.5) is 0 Å². The number of benzene rings is 2. The Labute approximate surface area is 161 Å². The van der Waals surface area contributed by atoms with Gasteiger partial charge in [-0.3, -0.25) is 9.59 Å². The normalized spacial score (nSPS) is 12.5. The molecule has 2 aromatic carbocycles. The third-order valence-electron chi connectivity index (χ3n) is 4.04. The first-order valence-corrected chi connectivity index (χ1v) is 7.87. The highest BCUT2D eigenvalue weighted by Crippen LogP contribution is 2.31. The lowest BCUT2D eigenvalue weighted by Gasteiger charge is -2.22. The highest BCUT2D eigenvalue weighted by Gasteiger charge is 2.26. The fourth-order valence-electron chi connectivity index (χ4n) is 2.60. The largest absolute Gasteiger partial charge is 0.507 e. The summed E-state index contributed by atoms with van der Waals surface area (Å²) in [6, 6.07) is 8.73. The summed E-state index contributed by atoms with van der Waals surface area (Å²) in [5.41, 5.74) is 6.27. The van der Waals surface area contributed by atoms with Gasteiger partial charge in [0.25, 0.3) is 5.91 Å². The Hall–Kier alpha value is -2.97. The van der Waals surface area contributed by atoms with Gasteiger partial charge in [0.15, 0.2) is 11.5 Å². The summed E-state index contributed by atoms with van der Waals surface area (Å²) in [5.74, 6) is -3.31. The Morgan fingerprint density at radius 1 is 1.00 bits per heavy atom. The molecule has 0 spiro atoms. The van der Waals surface area contributed by atoms with Gasteiger partial charge in [0.05, 0.1) is 5.56 Å². The Morgan fingerprint density at radius 2 is 1.67 bits per heavy atom. The summed E-state index contributed by atoms with van der Waals surface area (Å²) in [7, 11) is 0. The van der Waals surface area contributed by atoms with Gasteiger partial charge in [-0.05, 0) is 36.2 Å². The number of amides is 1. The van der Waals surface area contributed by atoms with Gasteiger partial charge in [0, 0.05) is 12.5 Å². The number of carboxylic acid groups (broad SMARTS) is 1. The van der Waals surface area contributed by atoms with Crippen LogP contribution >= 0.6 is 12.4 Å². The molecule has 0 aromatic heterocycles. The Morgan fingerprint density at radius 3 is 2.26 bits per heavy atom. The molecule has 2 atom stereocenters. The summed E-state index contributed by atoms with van der Waals surface area (Å²) in [6.07, 6.45) is 0.178. The molecule has 2 rings (SSSR count). The minimum atomic E-state index is -1.26. The number of carbonyl (C=O) groups is 2. The number of carboxylic acids is 1. The smallest absolute Gasteiger partial charge is 0.321 e. The number of phenols is 3. The monoisotopic (exact) mass is 396 g/mol. The summed E-state index contributed by atoms with van der Waals surface area (Å²) in [5, 5.41) is 40.5. The number of hydrogen-bond donors (Lipinski definition) is 6. The van der Waals surface area contributed by atoms with Crippen LogP contribution < -0.4 is 11.1 Å². The predicted octanol–water partition coefficient (Wildman–Crippen LogP) is 1.54. The average Bonchev–Trinajstić information content (AvgIpc) is 2.61. The van der Waals surface area contributed by atoms with E-state index in [1.54, 1.807) is 12.1 Å². The number of aromatic hydroxyl groups is 3. The number of rotatable bonds is 7. The van der Waals surface area contributed by atoms with Crippen LogP contribution in [0.3, 0.4) is 0 Å². The van der Waals surface area contributed by atoms with E-state index in [2.05, 4.69) is 5.32 Å². The zero-order valence-electron chi connectivity index (χ0n) is 14.2. The molecule has 0 fully saturated rings. The van der Waals surface area contributed by atoms with Crippen molar-refractivity contribution >= 4 is 24.3 Å². The first kappa shape index (κ1) is 22.1. The maximum atomic E-state index is 12.1. The first-order chi connectivity index (χ1) is 12.3. The van der Waals surface area contributed by atoms with Crippen molar-refractivity contribution in [3.05, 3.63) is 53.6 Å². The summed E-state index contributed by atoms with van der Waals surface area (Å²) < 4.78 is 0. The highest BCUT2D eigenvalue weighted by molar-refractivity contribution is 5.96. The second kappa shape index (κ2) is 9.65. The lowest BCUT2D eigenvalue weighted by Crippen LogP contribution is -2.38. The van der Waals surface area contributed by atoms with Crippen LogP contribution in [0, 0.1) is 0 Å². The van der Waals surface area contributed by atoms with E-state index in [-0.39, 0.29) is 48.2 Å². The summed E-state index contributed by atoms with van der Waals surface area (Å²) in [6.45, 7) is 0.0977. The standard InChI is InChI=1S/C18H20N2O6.ClH/c19-16(18(25)26)11(10-5-6-14(22)15(23)9-10)7-8-20-17(24)12-3-1-2-4-13(12)21;/h1-6,9,11,16,21-23H,7-8,19H2,(H,20,24)(H,25,26);1H/t11?,16-;/m0./s1. The van der Waals surface area contributed by atoms with Crippen molar-refractivity contribution in [2.24, 2.45) is 5.73 Å². The quantitative estimate of drug-likeness (QED) is 0.388. The maximum absolute atomic E-state index is 12.1. The second-order valence-corrected chi connectivity index (χ2v) is 5.78. The van der Waals surface area contributed by atoms with Crippen LogP contribution in [0.15, 0.2) is 42.5 Å². The van der Waals surface area contributed by atoms with E-state index >= 15 is 0 Å². The number of aliphatic carboxylic acids is 1. The van der Waals surface area contributed by atoms with Crippen LogP contribution in [-0.4, -0.2) is 44.9 Å². The molecule has 8 nitrogen and oxygen atoms in total. The SMILES string of the molecule is Cl.N[C@H](C(=O)O)C(CCNC(=O)c1ccccc1O)c1ccc(O)c(O)c1. The van der Waals surface area contributed by atoms with Crippen molar-refractivity contribution in [1.82, 2.24) is 5.32 Å². The van der Waals surface area contributed by atoms with E-state index in [1.807, 2.05) is 0 Å². The summed E-state index contributed by atoms with van der Waals surface area (Å²) in [4.78, 5) is 23.4. The molecule has 0 aliphatic carbocycles. The van der Waals surface area contributed by atoms with E-state index in [0.717, 1.165) is 0 Å². The summed E-state index contributed by atoms with van der Waals surface area (Å²) >= 11 is 0. The topological polar surface area (TPSA) is 153 Å². The number of hydrogen-bond acceptors (Lipinski definition) is 6. The molecular weight excluding hydrogens is 376 g/mol. The van der Waals surface area contributed by atoms with Crippen LogP contribution in [0.25, 0.3) is 0 Å². The van der Waals surface area contributed by atoms with Crippen LogP contribution in [0.1, 0.15) is 28.3 Å². The molecular formula is C18H21ClN2O6. The van der Waals surface area contributed by atoms with Gasteiger partial charge in [0.1, 0.15) is 11.8 Å². The van der Waals surface area contributed by atoms with Crippen LogP contribution in [0.2, 0.25) is 0 Å². The van der Waals surface area contributed by atoms with Gasteiger partial charge in [-0.2, -0.15) is 0 Å². The number of phenolic OH excluding ortho intramolecular Hbond substituents is 3. The van der Waals surface area contributed by atoms with Gasteiger partial charge in [-0.15, -0.1) is 12.4 Å². The first-order valence-electron chi connectivity index (χ1n) is 7.87. The lowest BCUT2D eigenvalue weighted by atomic mass is 9.88. The van der Waals surface area contributed by atoms with Gasteiger partial charge in [-0.25, -0.2) is 0 Å². The molecule has 0 radical (unpaired) electrons. The van der Waals surface area contributed by atoms with Crippen molar-refractivity contribution in [2.75, 3.05) is 6.54 Å². The second-order valence-electron chi connectivity index (χ2n) is 5.78. The lowest BCUT2D eigenvalue weighted by molar-refractivity contribution is -0.139. The van der Waals surface area contributed by atoms with E-state index in [9.17, 15) is 30.0 Å². The third-order valence-corrected chi connectivity index (χ3v) is 4.04. The zero-order chi connectivity index (χ0) is 19.3. The van der Waals surface area contributed by atoms with Crippen molar-refractivity contribution in [3.8, 4) is 17.2 Å². The molecule has 0 heterocycles. The van der Waals surface area contributed by atoms with Crippen LogP contribution in [0.5, 0.6) is 17.2 Å². The van der Waals surface area contributed by atoms with E-state index < -0.39 is 23.8 Å². The van der Waals surface area contributed by atoms with Crippen molar-refractivity contribution < 1.29 is 30.0 Å². The molecule has 0 saturated carbocycles. The third kappa shape index (κ3) is 5.50. The fourth-order valence-corrected chi connectivity index (χ4v) is 2.60. The molecule has 0 aliphatic heterocycles. The van der Waals surface area contributed by atoms with E-state index in [0.29, 0.717) is 5.56 Å². The van der Waals surface area contributed by atoms with Crippen molar-refractivity contribution in [1.29, 1.82) is 0 Å². The molecule has 2 aromatic rings. The minimum absolute atomic E-state index is 0. The molecule has 27 heavy (non-hydrogen) atoms. The van der Waals surface area contributed by atoms with E-state index in [4.69, 9.17) is 5.73 Å². The fraction of sp³-hybridized carbons (Fsp3) is 0.222. The predicted molar refractivity (Wildman–Crippen MR) is 100 cm³/mol. The molecule has 9 heteroatoms. The van der Waals surface area contributed by atoms with Gasteiger partial charge >= 0.3 is 5.97 Å². The average molecular weight is 397 g/mol. The molecule has 0 bridgehead atoms. The van der Waals surface area contributed by atoms with Gasteiger partial charge in [-0.1, -0.05) is 18.2 Å². The molecule has 1 amide bonds. The zero-order valence-corrected chi connectivity index (χ0v) is 15.0. The minimum Gasteiger partial charge on any atom is -0.507 e.